The average Bonchev–Trinajstić information content (AvgIpc) is 2.92. The highest BCUT2D eigenvalue weighted by atomic mass is 32.2. The van der Waals surface area contributed by atoms with Crippen LogP contribution < -0.4 is 4.90 Å². The molecule has 0 bridgehead atoms. The van der Waals surface area contributed by atoms with Crippen molar-refractivity contribution >= 4 is 21.6 Å². The number of anilines is 1. The number of hydrogen-bond acceptors (Lipinski definition) is 5. The van der Waals surface area contributed by atoms with Gasteiger partial charge in [0.1, 0.15) is 6.07 Å². The number of fused-ring (bicyclic) bond motifs is 1. The van der Waals surface area contributed by atoms with Crippen LogP contribution in [0.5, 0.6) is 0 Å². The molecule has 0 N–H and O–H groups in total. The minimum atomic E-state index is -3.79. The molecule has 1 fully saturated rings. The van der Waals surface area contributed by atoms with Gasteiger partial charge in [0.2, 0.25) is 10.0 Å². The van der Waals surface area contributed by atoms with E-state index in [2.05, 4.69) is 29.2 Å². The van der Waals surface area contributed by atoms with Crippen molar-refractivity contribution in [3.63, 3.8) is 0 Å². The first-order chi connectivity index (χ1) is 17.0. The van der Waals surface area contributed by atoms with Crippen LogP contribution in [0, 0.1) is 11.3 Å². The lowest BCUT2D eigenvalue weighted by Crippen LogP contribution is -2.50. The molecule has 5 rings (SSSR count). The predicted molar refractivity (Wildman–Crippen MR) is 133 cm³/mol. The minimum absolute atomic E-state index is 0.0122. The maximum Gasteiger partial charge on any atom is 0.253 e. The van der Waals surface area contributed by atoms with Crippen LogP contribution in [0.25, 0.3) is 0 Å². The molecule has 7 nitrogen and oxygen atoms in total. The van der Waals surface area contributed by atoms with E-state index < -0.39 is 10.0 Å². The van der Waals surface area contributed by atoms with Crippen LogP contribution in [0.2, 0.25) is 0 Å². The summed E-state index contributed by atoms with van der Waals surface area (Å²) in [4.78, 5) is 17.1. The third kappa shape index (κ3) is 4.53. The Kier molecular flexibility index (Phi) is 6.29. The molecule has 2 aliphatic heterocycles. The number of sulfonamides is 1. The minimum Gasteiger partial charge on any atom is -0.367 e. The number of carbonyl (C=O) groups excluding carboxylic acids is 1. The first-order valence-corrected chi connectivity index (χ1v) is 13.1. The second-order valence-electron chi connectivity index (χ2n) is 8.79. The molecule has 2 heterocycles. The third-order valence-electron chi connectivity index (χ3n) is 6.76. The molecule has 0 atom stereocenters. The van der Waals surface area contributed by atoms with Gasteiger partial charge in [-0.3, -0.25) is 4.79 Å². The highest BCUT2D eigenvalue weighted by molar-refractivity contribution is 7.89. The van der Waals surface area contributed by atoms with E-state index in [0.717, 1.165) is 25.2 Å². The Bertz CT molecular complexity index is 1390. The van der Waals surface area contributed by atoms with Crippen molar-refractivity contribution in [1.82, 2.24) is 9.21 Å². The van der Waals surface area contributed by atoms with E-state index in [-0.39, 0.29) is 29.5 Å². The Morgan fingerprint density at radius 2 is 1.46 bits per heavy atom. The zero-order valence-electron chi connectivity index (χ0n) is 19.3. The molecule has 1 saturated heterocycles. The largest absolute Gasteiger partial charge is 0.367 e. The molecule has 0 aromatic heterocycles. The molecule has 35 heavy (non-hydrogen) atoms. The van der Waals surface area contributed by atoms with Gasteiger partial charge in [0.25, 0.3) is 5.91 Å². The second-order valence-corrected chi connectivity index (χ2v) is 10.7. The maximum atomic E-state index is 13.1. The summed E-state index contributed by atoms with van der Waals surface area (Å²) in [5.41, 5.74) is 4.54. The molecule has 178 valence electrons. The Morgan fingerprint density at radius 3 is 2.17 bits per heavy atom. The molecular formula is C27H26N4O3S. The van der Waals surface area contributed by atoms with E-state index in [4.69, 9.17) is 0 Å². The van der Waals surface area contributed by atoms with Crippen molar-refractivity contribution in [2.45, 2.75) is 17.9 Å². The van der Waals surface area contributed by atoms with Crippen molar-refractivity contribution < 1.29 is 13.2 Å². The van der Waals surface area contributed by atoms with E-state index in [0.29, 0.717) is 18.7 Å². The number of carbonyl (C=O) groups is 1. The van der Waals surface area contributed by atoms with Crippen molar-refractivity contribution in [2.24, 2.45) is 0 Å². The van der Waals surface area contributed by atoms with Gasteiger partial charge < -0.3 is 9.80 Å². The molecule has 0 aliphatic carbocycles. The normalized spacial score (nSPS) is 16.4. The number of nitrogens with zero attached hydrogens (tertiary/aromatic N) is 4. The van der Waals surface area contributed by atoms with Crippen LogP contribution >= 0.6 is 0 Å². The van der Waals surface area contributed by atoms with Gasteiger partial charge in [0.05, 0.1) is 10.5 Å². The fourth-order valence-corrected chi connectivity index (χ4v) is 6.33. The summed E-state index contributed by atoms with van der Waals surface area (Å²) in [6, 6.07) is 24.3. The zero-order chi connectivity index (χ0) is 24.4. The molecule has 0 saturated carbocycles. The van der Waals surface area contributed by atoms with Crippen LogP contribution in [-0.4, -0.2) is 56.3 Å². The van der Waals surface area contributed by atoms with Gasteiger partial charge in [-0.15, -0.1) is 0 Å². The summed E-state index contributed by atoms with van der Waals surface area (Å²) in [5, 5.41) is 9.28. The van der Waals surface area contributed by atoms with Gasteiger partial charge in [0, 0.05) is 50.5 Å². The molecule has 0 spiro atoms. The molecule has 0 radical (unpaired) electrons. The van der Waals surface area contributed by atoms with E-state index >= 15 is 0 Å². The molecule has 8 heteroatoms. The SMILES string of the molecule is N#Cc1ccccc1S(=O)(=O)N1CCN(C(=O)c2ccc(N3CCc4ccccc4C3)cc2)CC1. The van der Waals surface area contributed by atoms with Crippen LogP contribution in [0.4, 0.5) is 5.69 Å². The first-order valence-electron chi connectivity index (χ1n) is 11.7. The Balaban J connectivity index is 1.23. The molecule has 2 aliphatic rings. The summed E-state index contributed by atoms with van der Waals surface area (Å²) >= 11 is 0. The van der Waals surface area contributed by atoms with Crippen LogP contribution in [-0.2, 0) is 23.0 Å². The number of amides is 1. The van der Waals surface area contributed by atoms with Gasteiger partial charge in [0.15, 0.2) is 0 Å². The fraction of sp³-hybridized carbons (Fsp3) is 0.259. The van der Waals surface area contributed by atoms with Gasteiger partial charge in [-0.25, -0.2) is 8.42 Å². The van der Waals surface area contributed by atoms with Crippen molar-refractivity contribution in [1.29, 1.82) is 5.26 Å². The second kappa shape index (κ2) is 9.53. The lowest BCUT2D eigenvalue weighted by molar-refractivity contribution is 0.0698. The quantitative estimate of drug-likeness (QED) is 0.565. The standard InChI is InChI=1S/C27H26N4O3S/c28-19-23-6-3-4-8-26(23)35(33,34)31-17-15-29(16-18-31)27(32)22-9-11-25(12-10-22)30-14-13-21-5-1-2-7-24(21)20-30/h1-12H,13-18,20H2. The van der Waals surface area contributed by atoms with Gasteiger partial charge in [-0.05, 0) is 53.9 Å². The summed E-state index contributed by atoms with van der Waals surface area (Å²) in [7, 11) is -3.79. The Labute approximate surface area is 205 Å². The summed E-state index contributed by atoms with van der Waals surface area (Å²) in [6.45, 7) is 2.79. The Hall–Kier alpha value is -3.67. The lowest BCUT2D eigenvalue weighted by Gasteiger charge is -2.34. The molecule has 3 aromatic rings. The first kappa shape index (κ1) is 23.1. The van der Waals surface area contributed by atoms with E-state index in [9.17, 15) is 18.5 Å². The topological polar surface area (TPSA) is 84.7 Å². The van der Waals surface area contributed by atoms with Crippen LogP contribution in [0.1, 0.15) is 27.0 Å². The van der Waals surface area contributed by atoms with Gasteiger partial charge >= 0.3 is 0 Å². The molecule has 3 aromatic carbocycles. The van der Waals surface area contributed by atoms with Crippen molar-refractivity contribution in [3.8, 4) is 6.07 Å². The number of benzene rings is 3. The summed E-state index contributed by atoms with van der Waals surface area (Å²) < 4.78 is 27.4. The average molecular weight is 487 g/mol. The smallest absolute Gasteiger partial charge is 0.253 e. The molecule has 1 amide bonds. The van der Waals surface area contributed by atoms with E-state index in [1.807, 2.05) is 30.3 Å². The van der Waals surface area contributed by atoms with Crippen molar-refractivity contribution in [2.75, 3.05) is 37.6 Å². The molecular weight excluding hydrogens is 460 g/mol. The summed E-state index contributed by atoms with van der Waals surface area (Å²) in [5.74, 6) is -0.102. The monoisotopic (exact) mass is 486 g/mol. The number of piperazine rings is 1. The molecule has 0 unspecified atom stereocenters. The van der Waals surface area contributed by atoms with Crippen molar-refractivity contribution in [3.05, 3.63) is 95.1 Å². The number of hydrogen-bond donors (Lipinski definition) is 0. The number of rotatable bonds is 4. The predicted octanol–water partition coefficient (Wildman–Crippen LogP) is 3.27. The zero-order valence-corrected chi connectivity index (χ0v) is 20.1. The van der Waals surface area contributed by atoms with E-state index in [1.165, 1.54) is 27.6 Å². The van der Waals surface area contributed by atoms with Gasteiger partial charge in [-0.1, -0.05) is 36.4 Å². The highest BCUT2D eigenvalue weighted by Crippen LogP contribution is 2.26. The maximum absolute atomic E-state index is 13.1. The Morgan fingerprint density at radius 1 is 0.800 bits per heavy atom. The number of nitriles is 1. The van der Waals surface area contributed by atoms with Crippen LogP contribution in [0.3, 0.4) is 0 Å². The van der Waals surface area contributed by atoms with E-state index in [1.54, 1.807) is 17.0 Å². The summed E-state index contributed by atoms with van der Waals surface area (Å²) in [6.07, 6.45) is 1.00. The third-order valence-corrected chi connectivity index (χ3v) is 8.72. The van der Waals surface area contributed by atoms with Crippen LogP contribution in [0.15, 0.2) is 77.7 Å². The lowest BCUT2D eigenvalue weighted by atomic mass is 9.99. The fourth-order valence-electron chi connectivity index (χ4n) is 4.77. The highest BCUT2D eigenvalue weighted by Gasteiger charge is 2.32. The van der Waals surface area contributed by atoms with Gasteiger partial charge in [-0.2, -0.15) is 9.57 Å².